The van der Waals surface area contributed by atoms with Gasteiger partial charge in [-0.05, 0) is 50.3 Å². The molecule has 0 heterocycles. The molecule has 4 nitrogen and oxygen atoms in total. The number of amides is 2. The molecule has 1 aromatic rings. The van der Waals surface area contributed by atoms with E-state index in [0.29, 0.717) is 5.02 Å². The van der Waals surface area contributed by atoms with E-state index in [1.807, 2.05) is 12.1 Å². The Morgan fingerprint density at radius 3 is 2.39 bits per heavy atom. The molecule has 2 N–H and O–H groups in total. The van der Waals surface area contributed by atoms with Crippen molar-refractivity contribution >= 4 is 29.1 Å². The molecule has 0 unspecified atom stereocenters. The van der Waals surface area contributed by atoms with E-state index in [2.05, 4.69) is 17.6 Å². The fourth-order valence-corrected chi connectivity index (χ4v) is 3.15. The summed E-state index contributed by atoms with van der Waals surface area (Å²) in [5.74, 6) is 0.208. The van der Waals surface area contributed by atoms with Crippen molar-refractivity contribution in [1.29, 1.82) is 0 Å². The van der Waals surface area contributed by atoms with Crippen LogP contribution < -0.4 is 10.6 Å². The van der Waals surface area contributed by atoms with Gasteiger partial charge in [-0.1, -0.05) is 31.0 Å². The van der Waals surface area contributed by atoms with Crippen molar-refractivity contribution in [3.63, 3.8) is 0 Å². The zero-order chi connectivity index (χ0) is 16.7. The third-order valence-electron chi connectivity index (χ3n) is 4.39. The summed E-state index contributed by atoms with van der Waals surface area (Å²) in [6.45, 7) is 2.86. The average molecular weight is 337 g/mol. The van der Waals surface area contributed by atoms with Gasteiger partial charge in [0.05, 0.1) is 0 Å². The first-order valence-electron chi connectivity index (χ1n) is 8.44. The van der Waals surface area contributed by atoms with Gasteiger partial charge in [0.2, 0.25) is 11.8 Å². The molecule has 1 fully saturated rings. The zero-order valence-corrected chi connectivity index (χ0v) is 14.4. The minimum atomic E-state index is -0.0197. The van der Waals surface area contributed by atoms with E-state index in [1.54, 1.807) is 12.1 Å². The number of hydrogen-bond acceptors (Lipinski definition) is 2. The minimum Gasteiger partial charge on any atom is -0.356 e. The largest absolute Gasteiger partial charge is 0.356 e. The van der Waals surface area contributed by atoms with Crippen molar-refractivity contribution in [2.24, 2.45) is 11.8 Å². The number of benzene rings is 1. The lowest BCUT2D eigenvalue weighted by atomic mass is 9.81. The van der Waals surface area contributed by atoms with Crippen molar-refractivity contribution < 1.29 is 9.59 Å². The first-order chi connectivity index (χ1) is 11.1. The highest BCUT2D eigenvalue weighted by molar-refractivity contribution is 6.30. The fourth-order valence-electron chi connectivity index (χ4n) is 2.96. The monoisotopic (exact) mass is 336 g/mol. The highest BCUT2D eigenvalue weighted by atomic mass is 35.5. The van der Waals surface area contributed by atoms with Crippen molar-refractivity contribution in [2.75, 3.05) is 11.9 Å². The lowest BCUT2D eigenvalue weighted by molar-refractivity contribution is -0.128. The number of halogens is 1. The average Bonchev–Trinajstić information content (AvgIpc) is 2.55. The van der Waals surface area contributed by atoms with Crippen molar-refractivity contribution in [2.45, 2.75) is 45.4 Å². The molecule has 1 saturated carbocycles. The Balaban J connectivity index is 1.77. The summed E-state index contributed by atoms with van der Waals surface area (Å²) in [6, 6.07) is 7.16. The van der Waals surface area contributed by atoms with E-state index in [1.165, 1.54) is 0 Å². The van der Waals surface area contributed by atoms with Crippen LogP contribution in [0, 0.1) is 11.8 Å². The molecule has 2 rings (SSSR count). The number of carbonyl (C=O) groups excluding carboxylic acids is 2. The summed E-state index contributed by atoms with van der Waals surface area (Å²) in [5.41, 5.74) is 0.724. The fraction of sp³-hybridized carbons (Fsp3) is 0.556. The second kappa shape index (κ2) is 8.92. The maximum Gasteiger partial charge on any atom is 0.227 e. The predicted molar refractivity (Wildman–Crippen MR) is 93.4 cm³/mol. The number of anilines is 1. The van der Waals surface area contributed by atoms with Crippen LogP contribution >= 0.6 is 11.6 Å². The summed E-state index contributed by atoms with van der Waals surface area (Å²) in [6.07, 6.45) is 5.19. The Morgan fingerprint density at radius 2 is 1.78 bits per heavy atom. The quantitative estimate of drug-likeness (QED) is 0.771. The van der Waals surface area contributed by atoms with Crippen molar-refractivity contribution in [3.05, 3.63) is 29.3 Å². The lowest BCUT2D eigenvalue weighted by Gasteiger charge is -2.27. The number of rotatable bonds is 6. The van der Waals surface area contributed by atoms with Crippen LogP contribution in [0.3, 0.4) is 0 Å². The van der Waals surface area contributed by atoms with Crippen LogP contribution in [0.15, 0.2) is 24.3 Å². The van der Waals surface area contributed by atoms with E-state index in [-0.39, 0.29) is 23.7 Å². The summed E-state index contributed by atoms with van der Waals surface area (Å²) in [7, 11) is 0. The predicted octanol–water partition coefficient (Wildman–Crippen LogP) is 4.00. The Bertz CT molecular complexity index is 540. The normalized spacial score (nSPS) is 20.8. The molecule has 0 atom stereocenters. The van der Waals surface area contributed by atoms with Gasteiger partial charge in [-0.3, -0.25) is 9.59 Å². The Labute approximate surface area is 143 Å². The highest BCUT2D eigenvalue weighted by Crippen LogP contribution is 2.30. The second-order valence-electron chi connectivity index (χ2n) is 6.19. The van der Waals surface area contributed by atoms with Crippen LogP contribution in [-0.4, -0.2) is 18.4 Å². The van der Waals surface area contributed by atoms with Gasteiger partial charge in [0.1, 0.15) is 0 Å². The summed E-state index contributed by atoms with van der Waals surface area (Å²) in [4.78, 5) is 24.4. The molecule has 0 aromatic heterocycles. The molecule has 0 radical (unpaired) electrons. The first-order valence-corrected chi connectivity index (χ1v) is 8.82. The minimum absolute atomic E-state index is 0.0197. The maximum atomic E-state index is 12.3. The van der Waals surface area contributed by atoms with E-state index in [4.69, 9.17) is 11.6 Å². The van der Waals surface area contributed by atoms with Crippen LogP contribution in [0.4, 0.5) is 5.69 Å². The van der Waals surface area contributed by atoms with Crippen LogP contribution in [0.2, 0.25) is 5.02 Å². The van der Waals surface area contributed by atoms with Crippen molar-refractivity contribution in [3.8, 4) is 0 Å². The third kappa shape index (κ3) is 5.54. The van der Waals surface area contributed by atoms with Gasteiger partial charge in [-0.2, -0.15) is 0 Å². The lowest BCUT2D eigenvalue weighted by Crippen LogP contribution is -2.35. The molecular formula is C18H25ClN2O2. The van der Waals surface area contributed by atoms with Crippen LogP contribution in [0.5, 0.6) is 0 Å². The number of hydrogen-bond donors (Lipinski definition) is 2. The van der Waals surface area contributed by atoms with Gasteiger partial charge < -0.3 is 10.6 Å². The summed E-state index contributed by atoms with van der Waals surface area (Å²) in [5, 5.41) is 6.51. The number of unbranched alkanes of at least 4 members (excludes halogenated alkanes) is 1. The molecule has 1 aliphatic carbocycles. The molecule has 1 aromatic carbocycles. The van der Waals surface area contributed by atoms with Gasteiger partial charge >= 0.3 is 0 Å². The van der Waals surface area contributed by atoms with Crippen molar-refractivity contribution in [1.82, 2.24) is 5.32 Å². The third-order valence-corrected chi connectivity index (χ3v) is 4.63. The smallest absolute Gasteiger partial charge is 0.227 e. The van der Waals surface area contributed by atoms with E-state index >= 15 is 0 Å². The zero-order valence-electron chi connectivity index (χ0n) is 13.6. The number of carbonyl (C=O) groups is 2. The van der Waals surface area contributed by atoms with Gasteiger partial charge in [-0.25, -0.2) is 0 Å². The Morgan fingerprint density at radius 1 is 1.13 bits per heavy atom. The van der Waals surface area contributed by atoms with Crippen LogP contribution in [-0.2, 0) is 9.59 Å². The summed E-state index contributed by atoms with van der Waals surface area (Å²) >= 11 is 5.92. The SMILES string of the molecule is CCCCNC(=O)C1CCC(C(=O)Nc2cccc(Cl)c2)CC1. The Kier molecular flexibility index (Phi) is 6.90. The second-order valence-corrected chi connectivity index (χ2v) is 6.63. The van der Waals surface area contributed by atoms with Crippen LogP contribution in [0.1, 0.15) is 45.4 Å². The molecule has 0 aliphatic heterocycles. The molecule has 0 spiro atoms. The van der Waals surface area contributed by atoms with Gasteiger partial charge in [0, 0.05) is 29.1 Å². The molecule has 1 aliphatic rings. The number of nitrogens with one attached hydrogen (secondary N) is 2. The van der Waals surface area contributed by atoms with Gasteiger partial charge in [0.25, 0.3) is 0 Å². The molecule has 0 bridgehead atoms. The first kappa shape index (κ1) is 17.8. The van der Waals surface area contributed by atoms with E-state index in [9.17, 15) is 9.59 Å². The highest BCUT2D eigenvalue weighted by Gasteiger charge is 2.29. The van der Waals surface area contributed by atoms with Gasteiger partial charge in [0.15, 0.2) is 0 Å². The molecule has 23 heavy (non-hydrogen) atoms. The van der Waals surface area contributed by atoms with E-state index in [0.717, 1.165) is 50.8 Å². The van der Waals surface area contributed by atoms with E-state index < -0.39 is 0 Å². The van der Waals surface area contributed by atoms with Crippen LogP contribution in [0.25, 0.3) is 0 Å². The molecular weight excluding hydrogens is 312 g/mol. The standard InChI is InChI=1S/C18H25ClN2O2/c1-2-3-11-20-17(22)13-7-9-14(10-8-13)18(23)21-16-6-4-5-15(19)12-16/h4-6,12-14H,2-3,7-11H2,1H3,(H,20,22)(H,21,23). The molecule has 2 amide bonds. The molecule has 5 heteroatoms. The Hall–Kier alpha value is -1.55. The summed E-state index contributed by atoms with van der Waals surface area (Å²) < 4.78 is 0. The molecule has 126 valence electrons. The van der Waals surface area contributed by atoms with Gasteiger partial charge in [-0.15, -0.1) is 0 Å². The molecule has 0 saturated heterocycles. The maximum absolute atomic E-state index is 12.3. The topological polar surface area (TPSA) is 58.2 Å².